The van der Waals surface area contributed by atoms with E-state index in [-0.39, 0.29) is 13.2 Å². The quantitative estimate of drug-likeness (QED) is 0.126. The molecule has 1 fully saturated rings. The van der Waals surface area contributed by atoms with Gasteiger partial charge in [0.25, 0.3) is 0 Å². The Bertz CT molecular complexity index is 1230. The first-order valence-corrected chi connectivity index (χ1v) is 16.8. The number of fused-ring (bicyclic) bond motifs is 3. The van der Waals surface area contributed by atoms with Crippen LogP contribution >= 0.6 is 17.5 Å². The first-order chi connectivity index (χ1) is 17.3. The van der Waals surface area contributed by atoms with Crippen molar-refractivity contribution < 1.29 is 22.4 Å². The molecule has 2 nitrogen and oxygen atoms in total. The van der Waals surface area contributed by atoms with Crippen molar-refractivity contribution in [3.63, 3.8) is 0 Å². The maximum atomic E-state index is 12.2. The van der Waals surface area contributed by atoms with E-state index in [1.807, 2.05) is 6.07 Å². The van der Waals surface area contributed by atoms with Crippen molar-refractivity contribution in [3.8, 4) is 0 Å². The van der Waals surface area contributed by atoms with Crippen molar-refractivity contribution in [2.45, 2.75) is 49.8 Å². The molecule has 2 aliphatic heterocycles. The van der Waals surface area contributed by atoms with Gasteiger partial charge in [0.05, 0.1) is 5.25 Å². The average Bonchev–Trinajstić information content (AvgIpc) is 3.43. The summed E-state index contributed by atoms with van der Waals surface area (Å²) < 4.78 is 12.2. The molecule has 2 heterocycles. The van der Waals surface area contributed by atoms with Crippen LogP contribution in [0.2, 0.25) is 0 Å². The molecule has 0 amide bonds. The van der Waals surface area contributed by atoms with E-state index in [0.29, 0.717) is 17.4 Å². The van der Waals surface area contributed by atoms with Gasteiger partial charge in [0.2, 0.25) is 0 Å². The van der Waals surface area contributed by atoms with Crippen LogP contribution in [0, 0.1) is 6.07 Å². The van der Waals surface area contributed by atoms with E-state index in [1.165, 1.54) is 27.2 Å². The average molecular weight is 631 g/mol. The minimum atomic E-state index is -0.886. The standard InChI is InChI=1S/C16H19OPS.C14H16N.ClH.Pd/c1-4-19(17)15-10-14-11(2)12(3)16(15)18(14)13-8-6-5-7-9-13;1-11(15(2)3)13-10-6-8-12-7-4-5-9-14(12)13;;/h4-9,14-16H,1,10H2,2-3H3;4-5,7-11H,1-3H3;1H;/q;-1;;+2/p-1/t14-,15+,16-,18+,19+;11-;;/m01../s1. The normalized spacial score (nSPS) is 24.0. The Morgan fingerprint density at radius 1 is 1.08 bits per heavy atom. The van der Waals surface area contributed by atoms with Crippen molar-refractivity contribution in [2.24, 2.45) is 0 Å². The van der Waals surface area contributed by atoms with Crippen molar-refractivity contribution in [2.75, 3.05) is 14.1 Å². The van der Waals surface area contributed by atoms with Gasteiger partial charge in [-0.15, -0.1) is 22.4 Å². The molecule has 0 N–H and O–H groups in total. The van der Waals surface area contributed by atoms with Crippen LogP contribution in [-0.4, -0.2) is 39.8 Å². The van der Waals surface area contributed by atoms with Gasteiger partial charge in [0, 0.05) is 22.1 Å². The molecule has 0 saturated carbocycles. The SMILES string of the molecule is C=C[S@@](=O)[C@@H]1C[C@H]2C(C)=C(C)[C@@H]1[P@]2c1ccccc1.C[C@H](c1c[c-]cc2ccccc12)N(C)C.[Cl][Pd+]. The number of halogens is 1. The van der Waals surface area contributed by atoms with Crippen LogP contribution in [0.4, 0.5) is 0 Å². The van der Waals surface area contributed by atoms with Crippen LogP contribution in [0.3, 0.4) is 0 Å². The molecule has 36 heavy (non-hydrogen) atoms. The molecule has 0 aromatic heterocycles. The van der Waals surface area contributed by atoms with Crippen LogP contribution in [0.5, 0.6) is 0 Å². The van der Waals surface area contributed by atoms with Gasteiger partial charge in [0.15, 0.2) is 0 Å². The second-order valence-electron chi connectivity index (χ2n) is 9.48. The molecule has 1 saturated heterocycles. The number of rotatable bonds is 5. The Hall–Kier alpha value is -1.11. The van der Waals surface area contributed by atoms with Crippen LogP contribution < -0.4 is 5.30 Å². The summed E-state index contributed by atoms with van der Waals surface area (Å²) in [6.07, 6.45) is 1.08. The molecule has 6 atom stereocenters. The molecule has 3 aromatic carbocycles. The Morgan fingerprint density at radius 3 is 2.36 bits per heavy atom. The summed E-state index contributed by atoms with van der Waals surface area (Å²) in [5.41, 5.74) is 5.53. The number of allylic oxidation sites excluding steroid dienone is 2. The maximum absolute atomic E-state index is 12.2. The summed E-state index contributed by atoms with van der Waals surface area (Å²) in [4.78, 5) is 2.22. The predicted octanol–water partition coefficient (Wildman–Crippen LogP) is 7.50. The van der Waals surface area contributed by atoms with Gasteiger partial charge < -0.3 is 4.90 Å². The molecule has 2 aliphatic rings. The third-order valence-corrected chi connectivity index (χ3v) is 12.6. The van der Waals surface area contributed by atoms with Gasteiger partial charge >= 0.3 is 27.7 Å². The van der Waals surface area contributed by atoms with E-state index < -0.39 is 10.8 Å². The fourth-order valence-corrected chi connectivity index (χ4v) is 11.0. The van der Waals surface area contributed by atoms with Crippen molar-refractivity contribution >= 4 is 44.3 Å². The molecule has 5 rings (SSSR count). The van der Waals surface area contributed by atoms with Gasteiger partial charge in [-0.2, -0.15) is 18.2 Å². The number of hydrogen-bond donors (Lipinski definition) is 0. The molecular weight excluding hydrogens is 595 g/mol. The zero-order valence-electron chi connectivity index (χ0n) is 21.6. The number of nitrogens with zero attached hydrogens (tertiary/aromatic N) is 1. The number of benzene rings is 3. The van der Waals surface area contributed by atoms with Gasteiger partial charge in [-0.25, -0.2) is 0 Å². The molecule has 2 bridgehead atoms. The minimum absolute atomic E-state index is 0.223. The van der Waals surface area contributed by atoms with E-state index >= 15 is 0 Å². The van der Waals surface area contributed by atoms with Crippen LogP contribution in [0.1, 0.15) is 38.8 Å². The van der Waals surface area contributed by atoms with Crippen LogP contribution in [-0.2, 0) is 29.0 Å². The van der Waals surface area contributed by atoms with E-state index in [9.17, 15) is 4.21 Å². The molecule has 0 aliphatic carbocycles. The first kappa shape index (κ1) is 29.4. The van der Waals surface area contributed by atoms with Gasteiger partial charge in [0.1, 0.15) is 0 Å². The molecule has 6 heteroatoms. The van der Waals surface area contributed by atoms with Gasteiger partial charge in [-0.1, -0.05) is 81.1 Å². The molecule has 0 radical (unpaired) electrons. The Balaban J connectivity index is 0.000000193. The zero-order valence-corrected chi connectivity index (χ0v) is 25.6. The second kappa shape index (κ2) is 13.6. The number of hydrogen-bond acceptors (Lipinski definition) is 2. The fraction of sp³-hybridized carbons (Fsp3) is 0.333. The summed E-state index contributed by atoms with van der Waals surface area (Å²) in [7, 11) is 7.59. The molecule has 0 unspecified atom stereocenters. The monoisotopic (exact) mass is 629 g/mol. The Morgan fingerprint density at radius 2 is 1.72 bits per heavy atom. The Labute approximate surface area is 235 Å². The van der Waals surface area contributed by atoms with Gasteiger partial charge in [-0.05, 0) is 51.1 Å². The first-order valence-electron chi connectivity index (χ1n) is 12.0. The summed E-state index contributed by atoms with van der Waals surface area (Å²) in [5.74, 6) is 0. The summed E-state index contributed by atoms with van der Waals surface area (Å²) in [6, 6.07) is 27.1. The summed E-state index contributed by atoms with van der Waals surface area (Å²) >= 11 is 2.22. The second-order valence-corrected chi connectivity index (χ2v) is 13.6. The predicted molar refractivity (Wildman–Crippen MR) is 156 cm³/mol. The van der Waals surface area contributed by atoms with Crippen molar-refractivity contribution in [3.05, 3.63) is 101 Å². The molecular formula is C30H35ClNOPPdS. The fourth-order valence-electron chi connectivity index (χ4n) is 5.30. The Kier molecular flexibility index (Phi) is 11.1. The van der Waals surface area contributed by atoms with Crippen LogP contribution in [0.15, 0.2) is 89.9 Å². The molecule has 3 aromatic rings. The van der Waals surface area contributed by atoms with Crippen molar-refractivity contribution in [1.82, 2.24) is 4.90 Å². The van der Waals surface area contributed by atoms with E-state index in [0.717, 1.165) is 6.42 Å². The third-order valence-electron chi connectivity index (χ3n) is 7.50. The van der Waals surface area contributed by atoms with Crippen LogP contribution in [0.25, 0.3) is 10.8 Å². The zero-order chi connectivity index (χ0) is 26.4. The molecule has 0 spiro atoms. The third kappa shape index (κ3) is 6.13. The topological polar surface area (TPSA) is 20.3 Å². The summed E-state index contributed by atoms with van der Waals surface area (Å²) in [6.45, 7) is 10.4. The van der Waals surface area contributed by atoms with E-state index in [4.69, 9.17) is 0 Å². The van der Waals surface area contributed by atoms with Gasteiger partial charge in [-0.3, -0.25) is 4.21 Å². The molecule has 194 valence electrons. The van der Waals surface area contributed by atoms with E-state index in [2.05, 4.69) is 141 Å². The van der Waals surface area contributed by atoms with Crippen molar-refractivity contribution in [1.29, 1.82) is 0 Å². The van der Waals surface area contributed by atoms with E-state index in [1.54, 1.807) is 11.0 Å². The summed E-state index contributed by atoms with van der Waals surface area (Å²) in [5, 5.41) is 5.98.